The van der Waals surface area contributed by atoms with Gasteiger partial charge in [-0.1, -0.05) is 45.2 Å². The first-order chi connectivity index (χ1) is 16.5. The highest BCUT2D eigenvalue weighted by atomic mass is 16.2. The lowest BCUT2D eigenvalue weighted by molar-refractivity contribution is -0.124. The summed E-state index contributed by atoms with van der Waals surface area (Å²) in [6.07, 6.45) is 8.26. The molecule has 1 amide bonds. The summed E-state index contributed by atoms with van der Waals surface area (Å²) < 4.78 is 3.93. The van der Waals surface area contributed by atoms with Crippen LogP contribution in [0.15, 0.2) is 35.1 Å². The summed E-state index contributed by atoms with van der Waals surface area (Å²) in [5, 5.41) is 4.12. The van der Waals surface area contributed by atoms with Crippen LogP contribution < -0.4 is 10.9 Å². The summed E-state index contributed by atoms with van der Waals surface area (Å²) in [5.41, 5.74) is 2.03. The third kappa shape index (κ3) is 4.76. The van der Waals surface area contributed by atoms with Gasteiger partial charge in [0.1, 0.15) is 6.04 Å². The van der Waals surface area contributed by atoms with Crippen molar-refractivity contribution in [2.45, 2.75) is 90.8 Å². The number of para-hydroxylation sites is 1. The smallest absolute Gasteiger partial charge is 0.273 e. The van der Waals surface area contributed by atoms with Gasteiger partial charge in [0.25, 0.3) is 5.56 Å². The minimum atomic E-state index is -0.392. The second-order valence-electron chi connectivity index (χ2n) is 9.73. The Hall–Kier alpha value is -2.67. The van der Waals surface area contributed by atoms with Crippen molar-refractivity contribution in [3.63, 3.8) is 0 Å². The largest absolute Gasteiger partial charge is 0.353 e. The average Bonchev–Trinajstić information content (AvgIpc) is 3.17. The Morgan fingerprint density at radius 2 is 1.91 bits per heavy atom. The summed E-state index contributed by atoms with van der Waals surface area (Å²) in [6.45, 7) is 9.99. The van der Waals surface area contributed by atoms with Crippen molar-refractivity contribution in [1.29, 1.82) is 0 Å². The van der Waals surface area contributed by atoms with E-state index in [2.05, 4.69) is 29.0 Å². The molecule has 0 radical (unpaired) electrons. The third-order valence-electron chi connectivity index (χ3n) is 7.54. The molecular weight excluding hydrogens is 426 g/mol. The van der Waals surface area contributed by atoms with E-state index in [1.807, 2.05) is 47.3 Å². The van der Waals surface area contributed by atoms with Crippen LogP contribution in [0.5, 0.6) is 0 Å². The molecule has 0 unspecified atom stereocenters. The number of fused-ring (bicyclic) bond motifs is 3. The lowest BCUT2D eigenvalue weighted by atomic mass is 9.93. The standard InChI is InChI=1S/C27H39N5O2/c1-5-19(3)30(21-12-8-7-9-13-21)17-16-28-27(34)23(6-2)32-24-15-11-10-14-22(24)26-29-25(33)18-20(4)31(26)32/h10-11,14-15,18-19,21,23H,5-9,12-13,16-17H2,1-4H3,(H,28,34)/t19-,23-/m0/s1. The van der Waals surface area contributed by atoms with Crippen LogP contribution in [-0.2, 0) is 4.79 Å². The minimum absolute atomic E-state index is 0.0102. The molecule has 4 rings (SSSR count). The van der Waals surface area contributed by atoms with Crippen LogP contribution in [0.3, 0.4) is 0 Å². The molecule has 0 aliphatic heterocycles. The van der Waals surface area contributed by atoms with Crippen LogP contribution in [0.1, 0.15) is 77.5 Å². The quantitative estimate of drug-likeness (QED) is 0.507. The maximum absolute atomic E-state index is 13.5. The molecule has 7 heteroatoms. The van der Waals surface area contributed by atoms with Gasteiger partial charge in [-0.25, -0.2) is 4.52 Å². The zero-order chi connectivity index (χ0) is 24.2. The topological polar surface area (TPSA) is 71.6 Å². The lowest BCUT2D eigenvalue weighted by Gasteiger charge is -2.38. The number of rotatable bonds is 9. The average molecular weight is 466 g/mol. The van der Waals surface area contributed by atoms with E-state index in [0.717, 1.165) is 29.6 Å². The number of amides is 1. The molecule has 3 aromatic rings. The molecule has 0 bridgehead atoms. The molecule has 34 heavy (non-hydrogen) atoms. The Bertz CT molecular complexity index is 1190. The van der Waals surface area contributed by atoms with Crippen LogP contribution in [0.25, 0.3) is 16.6 Å². The van der Waals surface area contributed by atoms with Crippen LogP contribution in [0.2, 0.25) is 0 Å². The van der Waals surface area contributed by atoms with Crippen molar-refractivity contribution in [3.05, 3.63) is 46.4 Å². The highest BCUT2D eigenvalue weighted by Crippen LogP contribution is 2.27. The van der Waals surface area contributed by atoms with Crippen molar-refractivity contribution in [3.8, 4) is 0 Å². The molecule has 184 valence electrons. The number of nitrogens with zero attached hydrogens (tertiary/aromatic N) is 4. The molecule has 2 atom stereocenters. The molecule has 1 saturated carbocycles. The van der Waals surface area contributed by atoms with Gasteiger partial charge in [0.2, 0.25) is 5.91 Å². The summed E-state index contributed by atoms with van der Waals surface area (Å²) in [6, 6.07) is 10.2. The first kappa shape index (κ1) is 24.5. The van der Waals surface area contributed by atoms with Gasteiger partial charge in [-0.2, -0.15) is 4.98 Å². The number of aromatic nitrogens is 3. The van der Waals surface area contributed by atoms with Gasteiger partial charge in [0.05, 0.1) is 5.52 Å². The van der Waals surface area contributed by atoms with Gasteiger partial charge in [-0.05, 0) is 51.7 Å². The first-order valence-corrected chi connectivity index (χ1v) is 13.0. The number of nitrogens with one attached hydrogen (secondary N) is 1. The second kappa shape index (κ2) is 10.7. The summed E-state index contributed by atoms with van der Waals surface area (Å²) in [4.78, 5) is 32.5. The lowest BCUT2D eigenvalue weighted by Crippen LogP contribution is -2.47. The molecule has 0 saturated heterocycles. The van der Waals surface area contributed by atoms with E-state index in [1.54, 1.807) is 0 Å². The zero-order valence-electron chi connectivity index (χ0n) is 21.1. The fourth-order valence-corrected chi connectivity index (χ4v) is 5.62. The van der Waals surface area contributed by atoms with Gasteiger partial charge in [-0.15, -0.1) is 0 Å². The number of carbonyl (C=O) groups is 1. The Kier molecular flexibility index (Phi) is 7.71. The van der Waals surface area contributed by atoms with E-state index in [-0.39, 0.29) is 11.5 Å². The predicted molar refractivity (Wildman–Crippen MR) is 137 cm³/mol. The van der Waals surface area contributed by atoms with Crippen LogP contribution in [-0.4, -0.2) is 50.2 Å². The monoisotopic (exact) mass is 465 g/mol. The molecule has 1 aliphatic carbocycles. The molecular formula is C27H39N5O2. The fraction of sp³-hybridized carbons (Fsp3) is 0.593. The van der Waals surface area contributed by atoms with E-state index in [4.69, 9.17) is 0 Å². The zero-order valence-corrected chi connectivity index (χ0v) is 21.1. The van der Waals surface area contributed by atoms with Gasteiger partial charge >= 0.3 is 0 Å². The third-order valence-corrected chi connectivity index (χ3v) is 7.54. The molecule has 1 aliphatic rings. The van der Waals surface area contributed by atoms with Crippen LogP contribution in [0, 0.1) is 6.92 Å². The Morgan fingerprint density at radius 1 is 1.18 bits per heavy atom. The Balaban J connectivity index is 1.58. The minimum Gasteiger partial charge on any atom is -0.353 e. The van der Waals surface area contributed by atoms with Crippen LogP contribution >= 0.6 is 0 Å². The Labute approximate surface area is 202 Å². The van der Waals surface area contributed by atoms with Crippen molar-refractivity contribution < 1.29 is 4.79 Å². The highest BCUT2D eigenvalue weighted by Gasteiger charge is 2.27. The van der Waals surface area contributed by atoms with Crippen molar-refractivity contribution in [2.24, 2.45) is 0 Å². The maximum Gasteiger partial charge on any atom is 0.273 e. The summed E-state index contributed by atoms with van der Waals surface area (Å²) in [5.74, 6) is 0.0102. The number of carbonyl (C=O) groups excluding carboxylic acids is 1. The van der Waals surface area contributed by atoms with Gasteiger partial charge in [0, 0.05) is 42.3 Å². The van der Waals surface area contributed by atoms with Crippen LogP contribution in [0.4, 0.5) is 0 Å². The van der Waals surface area contributed by atoms with Gasteiger partial charge < -0.3 is 5.32 Å². The van der Waals surface area contributed by atoms with E-state index in [0.29, 0.717) is 30.7 Å². The molecule has 0 spiro atoms. The van der Waals surface area contributed by atoms with E-state index < -0.39 is 6.04 Å². The highest BCUT2D eigenvalue weighted by molar-refractivity contribution is 5.94. The number of hydrogen-bond acceptors (Lipinski definition) is 4. The van der Waals surface area contributed by atoms with E-state index >= 15 is 0 Å². The SMILES string of the molecule is CC[C@H](C)N(CCNC(=O)[C@H](CC)n1c2ccccc2c2nc(=O)cc(C)n21)C1CCCCC1. The molecule has 2 aromatic heterocycles. The second-order valence-corrected chi connectivity index (χ2v) is 9.73. The van der Waals surface area contributed by atoms with E-state index in [1.165, 1.54) is 38.2 Å². The maximum atomic E-state index is 13.5. The molecule has 1 fully saturated rings. The number of aryl methyl sites for hydroxylation is 1. The van der Waals surface area contributed by atoms with Crippen molar-refractivity contribution >= 4 is 22.5 Å². The number of benzene rings is 1. The Morgan fingerprint density at radius 3 is 2.62 bits per heavy atom. The molecule has 1 N–H and O–H groups in total. The first-order valence-electron chi connectivity index (χ1n) is 13.0. The summed E-state index contributed by atoms with van der Waals surface area (Å²) in [7, 11) is 0. The van der Waals surface area contributed by atoms with Crippen molar-refractivity contribution in [1.82, 2.24) is 24.4 Å². The van der Waals surface area contributed by atoms with Crippen molar-refractivity contribution in [2.75, 3.05) is 13.1 Å². The molecule has 2 heterocycles. The van der Waals surface area contributed by atoms with Gasteiger partial charge in [0.15, 0.2) is 5.65 Å². The molecule has 1 aromatic carbocycles. The number of hydrogen-bond donors (Lipinski definition) is 1. The van der Waals surface area contributed by atoms with E-state index in [9.17, 15) is 9.59 Å². The fourth-order valence-electron chi connectivity index (χ4n) is 5.62. The molecule has 7 nitrogen and oxygen atoms in total. The normalized spacial score (nSPS) is 16.9. The summed E-state index contributed by atoms with van der Waals surface area (Å²) >= 11 is 0. The predicted octanol–water partition coefficient (Wildman–Crippen LogP) is 4.46. The van der Waals surface area contributed by atoms with Gasteiger partial charge in [-0.3, -0.25) is 19.2 Å².